The minimum atomic E-state index is -2.98. The molecule has 3 N–H and O–H groups in total. The molecule has 0 radical (unpaired) electrons. The molecule has 1 aliphatic rings. The fourth-order valence-electron chi connectivity index (χ4n) is 2.66. The molecular formula is C16H28IN5O3S2. The summed E-state index contributed by atoms with van der Waals surface area (Å²) in [4.78, 5) is 21.8. The average molecular weight is 529 g/mol. The molecule has 1 saturated heterocycles. The fraction of sp³-hybridized carbons (Fsp3) is 0.688. The minimum absolute atomic E-state index is 0. The summed E-state index contributed by atoms with van der Waals surface area (Å²) >= 11 is 1.70. The number of nitrogens with one attached hydrogen (secondary N) is 3. The highest BCUT2D eigenvalue weighted by Crippen LogP contribution is 2.16. The first-order valence-electron chi connectivity index (χ1n) is 8.66. The highest BCUT2D eigenvalue weighted by molar-refractivity contribution is 14.0. The zero-order valence-electron chi connectivity index (χ0n) is 15.9. The van der Waals surface area contributed by atoms with Gasteiger partial charge in [-0.1, -0.05) is 0 Å². The Morgan fingerprint density at radius 1 is 1.30 bits per heavy atom. The van der Waals surface area contributed by atoms with E-state index in [4.69, 9.17) is 0 Å². The summed E-state index contributed by atoms with van der Waals surface area (Å²) in [5.74, 6) is 0.686. The molecule has 2 rings (SSSR count). The van der Waals surface area contributed by atoms with E-state index >= 15 is 0 Å². The Kier molecular flexibility index (Phi) is 9.95. The van der Waals surface area contributed by atoms with Crippen molar-refractivity contribution in [1.82, 2.24) is 20.9 Å². The molecule has 0 bridgehead atoms. The Morgan fingerprint density at radius 2 is 2.00 bits per heavy atom. The molecule has 11 heteroatoms. The van der Waals surface area contributed by atoms with E-state index in [0.29, 0.717) is 25.5 Å². The van der Waals surface area contributed by atoms with Gasteiger partial charge in [-0.15, -0.1) is 35.3 Å². The second kappa shape index (κ2) is 11.1. The number of carbonyl (C=O) groups is 1. The number of aromatic nitrogens is 1. The molecule has 0 aromatic carbocycles. The maximum absolute atomic E-state index is 11.9. The maximum Gasteiger partial charge on any atom is 0.222 e. The van der Waals surface area contributed by atoms with Gasteiger partial charge < -0.3 is 16.0 Å². The van der Waals surface area contributed by atoms with Crippen LogP contribution in [0.4, 0.5) is 0 Å². The molecule has 1 aromatic heterocycles. The van der Waals surface area contributed by atoms with Crippen molar-refractivity contribution < 1.29 is 13.2 Å². The van der Waals surface area contributed by atoms with Crippen LogP contribution in [-0.4, -0.2) is 63.0 Å². The van der Waals surface area contributed by atoms with E-state index in [1.54, 1.807) is 18.4 Å². The van der Waals surface area contributed by atoms with Gasteiger partial charge in [-0.05, 0) is 20.3 Å². The lowest BCUT2D eigenvalue weighted by molar-refractivity contribution is -0.121. The number of guanidine groups is 1. The van der Waals surface area contributed by atoms with E-state index in [2.05, 4.69) is 32.9 Å². The van der Waals surface area contributed by atoms with Crippen molar-refractivity contribution in [2.45, 2.75) is 39.2 Å². The van der Waals surface area contributed by atoms with Crippen molar-refractivity contribution in [1.29, 1.82) is 0 Å². The van der Waals surface area contributed by atoms with Crippen LogP contribution in [0, 0.1) is 13.8 Å². The van der Waals surface area contributed by atoms with Gasteiger partial charge in [-0.2, -0.15) is 0 Å². The van der Waals surface area contributed by atoms with Gasteiger partial charge >= 0.3 is 0 Å². The summed E-state index contributed by atoms with van der Waals surface area (Å²) < 4.78 is 22.8. The smallest absolute Gasteiger partial charge is 0.222 e. The van der Waals surface area contributed by atoms with Crippen LogP contribution in [0.25, 0.3) is 0 Å². The molecule has 27 heavy (non-hydrogen) atoms. The van der Waals surface area contributed by atoms with Crippen molar-refractivity contribution in [3.8, 4) is 0 Å². The Labute approximate surface area is 182 Å². The number of aryl methyl sites for hydroxylation is 2. The largest absolute Gasteiger partial charge is 0.356 e. The topological polar surface area (TPSA) is 113 Å². The van der Waals surface area contributed by atoms with Crippen molar-refractivity contribution >= 4 is 57.0 Å². The number of hydrogen-bond donors (Lipinski definition) is 3. The number of thiazole rings is 1. The van der Waals surface area contributed by atoms with Crippen LogP contribution in [0.2, 0.25) is 0 Å². The van der Waals surface area contributed by atoms with Crippen LogP contribution in [-0.2, 0) is 21.1 Å². The highest BCUT2D eigenvalue weighted by atomic mass is 127. The molecule has 1 aliphatic heterocycles. The van der Waals surface area contributed by atoms with E-state index in [0.717, 1.165) is 17.1 Å². The van der Waals surface area contributed by atoms with Crippen molar-refractivity contribution in [2.24, 2.45) is 4.99 Å². The molecule has 8 nitrogen and oxygen atoms in total. The standard InChI is InChI=1S/C16H27N5O3S2.HI/c1-11-12(2)25-15(20-11)5-8-19-16(17-3)18-7-4-14(22)21-13-6-9-26(23,24)10-13;/h13H,4-10H2,1-3H3,(H,21,22)(H2,17,18,19);1H. The number of nitrogens with zero attached hydrogens (tertiary/aromatic N) is 2. The normalized spacial score (nSPS) is 18.6. The van der Waals surface area contributed by atoms with Crippen LogP contribution in [0.5, 0.6) is 0 Å². The van der Waals surface area contributed by atoms with Gasteiger partial charge in [-0.3, -0.25) is 9.79 Å². The lowest BCUT2D eigenvalue weighted by atomic mass is 10.2. The molecule has 1 amide bonds. The van der Waals surface area contributed by atoms with Gasteiger partial charge in [0.1, 0.15) is 0 Å². The molecule has 1 atom stereocenters. The first kappa shape index (κ1) is 24.1. The van der Waals surface area contributed by atoms with E-state index in [-0.39, 0.29) is 53.9 Å². The molecular weight excluding hydrogens is 501 g/mol. The third kappa shape index (κ3) is 8.30. The zero-order valence-corrected chi connectivity index (χ0v) is 19.8. The number of rotatable bonds is 7. The summed E-state index contributed by atoms with van der Waals surface area (Å²) in [5.41, 5.74) is 1.08. The predicted octanol–water partition coefficient (Wildman–Crippen LogP) is 0.779. The summed E-state index contributed by atoms with van der Waals surface area (Å²) in [6.45, 7) is 5.21. The molecule has 0 spiro atoms. The van der Waals surface area contributed by atoms with E-state index < -0.39 is 9.84 Å². The summed E-state index contributed by atoms with van der Waals surface area (Å²) in [6.07, 6.45) is 1.58. The Bertz CT molecular complexity index is 745. The molecule has 1 unspecified atom stereocenters. The number of aliphatic imine (C=N–C) groups is 1. The lowest BCUT2D eigenvalue weighted by Crippen LogP contribution is -2.41. The van der Waals surface area contributed by atoms with Gasteiger partial charge in [0.25, 0.3) is 0 Å². The summed E-state index contributed by atoms with van der Waals surface area (Å²) in [5, 5.41) is 10.2. The number of sulfone groups is 1. The SMILES string of the molecule is CN=C(NCCC(=O)NC1CCS(=O)(=O)C1)NCCc1nc(C)c(C)s1.I. The second-order valence-electron chi connectivity index (χ2n) is 6.34. The van der Waals surface area contributed by atoms with Crippen LogP contribution in [0.1, 0.15) is 28.4 Å². The molecule has 0 saturated carbocycles. The second-order valence-corrected chi connectivity index (χ2v) is 9.86. The first-order chi connectivity index (χ1) is 12.3. The quantitative estimate of drug-likeness (QED) is 0.274. The van der Waals surface area contributed by atoms with Crippen molar-refractivity contribution in [2.75, 3.05) is 31.6 Å². The van der Waals surface area contributed by atoms with Crippen LogP contribution >= 0.6 is 35.3 Å². The van der Waals surface area contributed by atoms with Gasteiger partial charge in [0.15, 0.2) is 15.8 Å². The lowest BCUT2D eigenvalue weighted by Gasteiger charge is -2.13. The van der Waals surface area contributed by atoms with E-state index in [1.807, 2.05) is 6.92 Å². The molecule has 0 aliphatic carbocycles. The molecule has 1 aromatic rings. The Hall–Kier alpha value is -0.950. The third-order valence-electron chi connectivity index (χ3n) is 4.17. The zero-order chi connectivity index (χ0) is 19.2. The number of carbonyl (C=O) groups excluding carboxylic acids is 1. The van der Waals surface area contributed by atoms with E-state index in [9.17, 15) is 13.2 Å². The number of hydrogen-bond acceptors (Lipinski definition) is 6. The summed E-state index contributed by atoms with van der Waals surface area (Å²) in [6, 6.07) is -0.254. The number of halogens is 1. The maximum atomic E-state index is 11.9. The molecule has 2 heterocycles. The minimum Gasteiger partial charge on any atom is -0.356 e. The van der Waals surface area contributed by atoms with Gasteiger partial charge in [0, 0.05) is 43.9 Å². The Morgan fingerprint density at radius 3 is 2.56 bits per heavy atom. The monoisotopic (exact) mass is 529 g/mol. The summed E-state index contributed by atoms with van der Waals surface area (Å²) in [7, 11) is -1.30. The Balaban J connectivity index is 0.00000364. The van der Waals surface area contributed by atoms with Gasteiger partial charge in [-0.25, -0.2) is 13.4 Å². The van der Waals surface area contributed by atoms with Gasteiger partial charge in [0.05, 0.1) is 22.2 Å². The predicted molar refractivity (Wildman–Crippen MR) is 120 cm³/mol. The van der Waals surface area contributed by atoms with Crippen LogP contribution in [0.3, 0.4) is 0 Å². The first-order valence-corrected chi connectivity index (χ1v) is 11.3. The van der Waals surface area contributed by atoms with Crippen molar-refractivity contribution in [3.63, 3.8) is 0 Å². The third-order valence-corrected chi connectivity index (χ3v) is 7.07. The van der Waals surface area contributed by atoms with E-state index in [1.165, 1.54) is 4.88 Å². The molecule has 154 valence electrons. The number of amides is 1. The van der Waals surface area contributed by atoms with Crippen LogP contribution in [0.15, 0.2) is 4.99 Å². The average Bonchev–Trinajstić information content (AvgIpc) is 3.07. The molecule has 1 fully saturated rings. The van der Waals surface area contributed by atoms with Crippen molar-refractivity contribution in [3.05, 3.63) is 15.6 Å². The fourth-order valence-corrected chi connectivity index (χ4v) is 5.26. The highest BCUT2D eigenvalue weighted by Gasteiger charge is 2.28. The van der Waals surface area contributed by atoms with Gasteiger partial charge in [0.2, 0.25) is 5.91 Å². The van der Waals surface area contributed by atoms with Crippen LogP contribution < -0.4 is 16.0 Å².